The number of azide groups is 1. The van der Waals surface area contributed by atoms with Crippen LogP contribution in [0.25, 0.3) is 10.4 Å². The number of methoxy groups -OCH3 is 1. The molecule has 1 rings (SSSR count). The van der Waals surface area contributed by atoms with Gasteiger partial charge in [-0.3, -0.25) is 0 Å². The Bertz CT molecular complexity index is 401. The van der Waals surface area contributed by atoms with Gasteiger partial charge in [0.05, 0.1) is 6.04 Å². The molecule has 0 aliphatic carbocycles. The molecule has 0 saturated carbocycles. The number of hydrogen-bond acceptors (Lipinski definition) is 3. The number of carboxylic acids is 1. The van der Waals surface area contributed by atoms with Crippen LogP contribution in [-0.4, -0.2) is 24.3 Å². The van der Waals surface area contributed by atoms with Gasteiger partial charge >= 0.3 is 5.97 Å². The Hall–Kier alpha value is -2.04. The van der Waals surface area contributed by atoms with E-state index in [1.807, 2.05) is 0 Å². The monoisotopic (exact) mass is 221 g/mol. The largest absolute Gasteiger partial charge is 0.479 e. The first-order valence-corrected chi connectivity index (χ1v) is 4.55. The van der Waals surface area contributed by atoms with Gasteiger partial charge in [0.2, 0.25) is 0 Å². The van der Waals surface area contributed by atoms with Crippen molar-refractivity contribution in [2.24, 2.45) is 5.11 Å². The summed E-state index contributed by atoms with van der Waals surface area (Å²) < 4.78 is 4.82. The number of aliphatic carboxylic acids is 1. The number of carboxylic acid groups (broad SMARTS) is 1. The van der Waals surface area contributed by atoms with E-state index in [4.69, 9.17) is 15.4 Å². The molecule has 0 heterocycles. The Kier molecular flexibility index (Phi) is 4.32. The fourth-order valence-electron chi connectivity index (χ4n) is 1.37. The quantitative estimate of drug-likeness (QED) is 0.468. The standard InChI is InChI=1S/C10H11N3O3/c1-16-9(10(14)15)8(12-13-11)7-5-3-2-4-6-7/h2-6,8-9H,1H3,(H,14,15). The van der Waals surface area contributed by atoms with Crippen molar-refractivity contribution in [2.45, 2.75) is 12.1 Å². The van der Waals surface area contributed by atoms with E-state index >= 15 is 0 Å². The predicted octanol–water partition coefficient (Wildman–Crippen LogP) is 2.14. The first-order chi connectivity index (χ1) is 7.70. The maximum atomic E-state index is 10.9. The lowest BCUT2D eigenvalue weighted by Crippen LogP contribution is -2.28. The fraction of sp³-hybridized carbons (Fsp3) is 0.300. The summed E-state index contributed by atoms with van der Waals surface area (Å²) in [5, 5.41) is 12.4. The molecule has 0 aliphatic heterocycles. The maximum absolute atomic E-state index is 10.9. The Balaban J connectivity index is 3.08. The molecular formula is C10H11N3O3. The lowest BCUT2D eigenvalue weighted by molar-refractivity contribution is -0.149. The van der Waals surface area contributed by atoms with Crippen molar-refractivity contribution in [1.82, 2.24) is 0 Å². The van der Waals surface area contributed by atoms with E-state index in [1.165, 1.54) is 7.11 Å². The second-order valence-electron chi connectivity index (χ2n) is 3.05. The zero-order chi connectivity index (χ0) is 12.0. The van der Waals surface area contributed by atoms with Gasteiger partial charge in [-0.05, 0) is 11.1 Å². The lowest BCUT2D eigenvalue weighted by Gasteiger charge is -2.18. The van der Waals surface area contributed by atoms with Crippen molar-refractivity contribution in [2.75, 3.05) is 7.11 Å². The van der Waals surface area contributed by atoms with Crippen LogP contribution >= 0.6 is 0 Å². The Morgan fingerprint density at radius 3 is 2.56 bits per heavy atom. The summed E-state index contributed by atoms with van der Waals surface area (Å²) in [6.45, 7) is 0. The van der Waals surface area contributed by atoms with Gasteiger partial charge in [-0.1, -0.05) is 35.4 Å². The first-order valence-electron chi connectivity index (χ1n) is 4.55. The van der Waals surface area contributed by atoms with Crippen molar-refractivity contribution in [3.05, 3.63) is 46.3 Å². The van der Waals surface area contributed by atoms with Crippen molar-refractivity contribution >= 4 is 5.97 Å². The first kappa shape index (κ1) is 12.0. The van der Waals surface area contributed by atoms with Gasteiger partial charge in [-0.15, -0.1) is 0 Å². The molecule has 2 atom stereocenters. The van der Waals surface area contributed by atoms with Crippen molar-refractivity contribution in [1.29, 1.82) is 0 Å². The highest BCUT2D eigenvalue weighted by Gasteiger charge is 2.28. The van der Waals surface area contributed by atoms with Crippen LogP contribution in [0.5, 0.6) is 0 Å². The van der Waals surface area contributed by atoms with Gasteiger partial charge < -0.3 is 9.84 Å². The molecule has 84 valence electrons. The number of rotatable bonds is 5. The summed E-state index contributed by atoms with van der Waals surface area (Å²) >= 11 is 0. The van der Waals surface area contributed by atoms with E-state index in [2.05, 4.69) is 10.0 Å². The van der Waals surface area contributed by atoms with Crippen LogP contribution in [0.4, 0.5) is 0 Å². The zero-order valence-electron chi connectivity index (χ0n) is 8.65. The number of carbonyl (C=O) groups is 1. The molecule has 2 unspecified atom stereocenters. The molecular weight excluding hydrogens is 210 g/mol. The number of ether oxygens (including phenoxy) is 1. The average Bonchev–Trinajstić information content (AvgIpc) is 2.29. The molecule has 1 aromatic rings. The Morgan fingerprint density at radius 2 is 2.12 bits per heavy atom. The van der Waals surface area contributed by atoms with Gasteiger partial charge in [0.15, 0.2) is 6.10 Å². The summed E-state index contributed by atoms with van der Waals surface area (Å²) in [5.74, 6) is -1.16. The van der Waals surface area contributed by atoms with Crippen LogP contribution in [0.15, 0.2) is 35.4 Å². The van der Waals surface area contributed by atoms with E-state index in [9.17, 15) is 4.79 Å². The highest BCUT2D eigenvalue weighted by atomic mass is 16.5. The second kappa shape index (κ2) is 5.75. The van der Waals surface area contributed by atoms with Crippen LogP contribution in [0.2, 0.25) is 0 Å². The molecule has 1 aromatic carbocycles. The molecule has 6 heteroatoms. The van der Waals surface area contributed by atoms with Crippen LogP contribution in [0.1, 0.15) is 11.6 Å². The van der Waals surface area contributed by atoms with Crippen molar-refractivity contribution in [3.63, 3.8) is 0 Å². The van der Waals surface area contributed by atoms with Gasteiger partial charge in [0, 0.05) is 12.0 Å². The van der Waals surface area contributed by atoms with Crippen LogP contribution in [-0.2, 0) is 9.53 Å². The SMILES string of the molecule is COC(C(=O)O)C(N=[N+]=[N-])c1ccccc1. The molecule has 0 bridgehead atoms. The molecule has 0 aliphatic rings. The molecule has 0 fully saturated rings. The highest BCUT2D eigenvalue weighted by Crippen LogP contribution is 2.23. The predicted molar refractivity (Wildman–Crippen MR) is 56.8 cm³/mol. The molecule has 16 heavy (non-hydrogen) atoms. The third-order valence-electron chi connectivity index (χ3n) is 2.10. The molecule has 0 radical (unpaired) electrons. The second-order valence-corrected chi connectivity index (χ2v) is 3.05. The van der Waals surface area contributed by atoms with Gasteiger partial charge in [-0.25, -0.2) is 4.79 Å². The van der Waals surface area contributed by atoms with E-state index in [1.54, 1.807) is 30.3 Å². The summed E-state index contributed by atoms with van der Waals surface area (Å²) in [4.78, 5) is 13.6. The Morgan fingerprint density at radius 1 is 1.50 bits per heavy atom. The normalized spacial score (nSPS) is 13.6. The zero-order valence-corrected chi connectivity index (χ0v) is 8.65. The third-order valence-corrected chi connectivity index (χ3v) is 2.10. The summed E-state index contributed by atoms with van der Waals surface area (Å²) in [6.07, 6.45) is -1.18. The van der Waals surface area contributed by atoms with Crippen molar-refractivity contribution < 1.29 is 14.6 Å². The Labute approximate surface area is 92.1 Å². The van der Waals surface area contributed by atoms with Gasteiger partial charge in [0.25, 0.3) is 0 Å². The minimum atomic E-state index is -1.18. The minimum Gasteiger partial charge on any atom is -0.479 e. The molecule has 0 amide bonds. The number of benzene rings is 1. The van der Waals surface area contributed by atoms with E-state index in [-0.39, 0.29) is 0 Å². The molecule has 0 saturated heterocycles. The van der Waals surface area contributed by atoms with Crippen LogP contribution < -0.4 is 0 Å². The van der Waals surface area contributed by atoms with Gasteiger partial charge in [-0.2, -0.15) is 0 Å². The summed E-state index contributed by atoms with van der Waals surface area (Å²) in [6, 6.07) is 7.78. The number of hydrogen-bond donors (Lipinski definition) is 1. The molecule has 0 aromatic heterocycles. The fourth-order valence-corrected chi connectivity index (χ4v) is 1.37. The third kappa shape index (κ3) is 2.73. The highest BCUT2D eigenvalue weighted by molar-refractivity contribution is 5.73. The number of nitrogens with zero attached hydrogens (tertiary/aromatic N) is 3. The van der Waals surface area contributed by atoms with Crippen molar-refractivity contribution in [3.8, 4) is 0 Å². The van der Waals surface area contributed by atoms with Crippen LogP contribution in [0.3, 0.4) is 0 Å². The molecule has 0 spiro atoms. The van der Waals surface area contributed by atoms with E-state index in [0.29, 0.717) is 5.56 Å². The summed E-state index contributed by atoms with van der Waals surface area (Å²) in [5.41, 5.74) is 9.04. The topological polar surface area (TPSA) is 95.3 Å². The van der Waals surface area contributed by atoms with Gasteiger partial charge in [0.1, 0.15) is 0 Å². The van der Waals surface area contributed by atoms with E-state index in [0.717, 1.165) is 0 Å². The minimum absolute atomic E-state index is 0.606. The summed E-state index contributed by atoms with van der Waals surface area (Å²) in [7, 11) is 1.27. The van der Waals surface area contributed by atoms with Crippen LogP contribution in [0, 0.1) is 0 Å². The lowest BCUT2D eigenvalue weighted by atomic mass is 10.0. The average molecular weight is 221 g/mol. The molecule has 1 N–H and O–H groups in total. The van der Waals surface area contributed by atoms with E-state index < -0.39 is 18.1 Å². The maximum Gasteiger partial charge on any atom is 0.333 e. The molecule has 6 nitrogen and oxygen atoms in total. The smallest absolute Gasteiger partial charge is 0.333 e.